The third-order valence-corrected chi connectivity index (χ3v) is 7.93. The van der Waals surface area contributed by atoms with E-state index in [-0.39, 0.29) is 48.9 Å². The number of halogens is 3. The average Bonchev–Trinajstić information content (AvgIpc) is 3.74. The maximum atomic E-state index is 14.5. The molecule has 0 spiro atoms. The van der Waals surface area contributed by atoms with E-state index >= 15 is 0 Å². The molecule has 49 heavy (non-hydrogen) atoms. The molecule has 3 amide bonds. The molecule has 4 aromatic rings. The lowest BCUT2D eigenvalue weighted by Gasteiger charge is -2.21. The fourth-order valence-corrected chi connectivity index (χ4v) is 5.30. The van der Waals surface area contributed by atoms with Crippen molar-refractivity contribution in [3.63, 3.8) is 0 Å². The van der Waals surface area contributed by atoms with Crippen LogP contribution >= 0.6 is 0 Å². The Kier molecular flexibility index (Phi) is 11.1. The number of aromatic nitrogens is 2. The SMILES string of the molecule is CN(C)C(=O)/C=C/CCC(OC(=O)N1CCCC1)C(=O)Nc1cccn(Cc2cc3cc(F)cc(OCc4ccc(F)cc4F)c3[nH]2)c1=O. The van der Waals surface area contributed by atoms with Gasteiger partial charge in [0.2, 0.25) is 5.91 Å². The highest BCUT2D eigenvalue weighted by Gasteiger charge is 2.28. The van der Waals surface area contributed by atoms with E-state index in [0.717, 1.165) is 31.0 Å². The van der Waals surface area contributed by atoms with Crippen LogP contribution < -0.4 is 15.6 Å². The van der Waals surface area contributed by atoms with E-state index < -0.39 is 41.1 Å². The van der Waals surface area contributed by atoms with Gasteiger partial charge in [0.25, 0.3) is 11.5 Å². The number of hydrogen-bond acceptors (Lipinski definition) is 6. The Morgan fingerprint density at radius 2 is 1.82 bits per heavy atom. The number of aromatic amines is 1. The van der Waals surface area contributed by atoms with Crippen molar-refractivity contribution in [3.8, 4) is 5.75 Å². The van der Waals surface area contributed by atoms with Crippen molar-refractivity contribution in [1.29, 1.82) is 0 Å². The number of nitrogens with zero attached hydrogens (tertiary/aromatic N) is 3. The first-order chi connectivity index (χ1) is 23.5. The van der Waals surface area contributed by atoms with E-state index in [4.69, 9.17) is 9.47 Å². The number of amides is 3. The molecule has 0 bridgehead atoms. The minimum Gasteiger partial charge on any atom is -0.486 e. The Labute approximate surface area is 279 Å². The molecule has 2 aromatic carbocycles. The smallest absolute Gasteiger partial charge is 0.410 e. The monoisotopic (exact) mass is 679 g/mol. The maximum Gasteiger partial charge on any atom is 0.410 e. The number of hydrogen-bond donors (Lipinski definition) is 2. The zero-order valence-electron chi connectivity index (χ0n) is 27.0. The van der Waals surface area contributed by atoms with E-state index in [1.807, 2.05) is 0 Å². The minimum atomic E-state index is -1.23. The lowest BCUT2D eigenvalue weighted by Crippen LogP contribution is -2.39. The summed E-state index contributed by atoms with van der Waals surface area (Å²) in [5.41, 5.74) is 0.381. The minimum absolute atomic E-state index is 0.00292. The first-order valence-corrected chi connectivity index (χ1v) is 15.7. The molecule has 1 unspecified atom stereocenters. The maximum absolute atomic E-state index is 14.5. The molecule has 0 radical (unpaired) electrons. The van der Waals surface area contributed by atoms with E-state index in [0.29, 0.717) is 29.7 Å². The zero-order chi connectivity index (χ0) is 35.1. The number of fused-ring (bicyclic) bond motifs is 1. The molecule has 1 fully saturated rings. The van der Waals surface area contributed by atoms with E-state index in [9.17, 15) is 32.3 Å². The van der Waals surface area contributed by atoms with Crippen LogP contribution in [0.25, 0.3) is 10.9 Å². The van der Waals surface area contributed by atoms with Crippen LogP contribution in [0.1, 0.15) is 36.9 Å². The number of likely N-dealkylation sites (tertiary alicyclic amines) is 1. The number of likely N-dealkylation sites (N-methyl/N-ethyl adjacent to an activating group) is 1. The number of nitrogens with one attached hydrogen (secondary N) is 2. The molecule has 258 valence electrons. The van der Waals surface area contributed by atoms with Crippen LogP contribution in [-0.4, -0.2) is 70.5 Å². The Bertz CT molecular complexity index is 1930. The molecular formula is C35H36F3N5O6. The summed E-state index contributed by atoms with van der Waals surface area (Å²) in [6, 6.07) is 10.1. The van der Waals surface area contributed by atoms with Crippen LogP contribution in [0, 0.1) is 17.5 Å². The van der Waals surface area contributed by atoms with Crippen LogP contribution in [0.4, 0.5) is 23.7 Å². The Balaban J connectivity index is 1.30. The predicted molar refractivity (Wildman–Crippen MR) is 176 cm³/mol. The van der Waals surface area contributed by atoms with Gasteiger partial charge in [-0.15, -0.1) is 0 Å². The number of anilines is 1. The van der Waals surface area contributed by atoms with Crippen LogP contribution in [0.5, 0.6) is 5.75 Å². The third kappa shape index (κ3) is 8.89. The Morgan fingerprint density at radius 1 is 1.04 bits per heavy atom. The summed E-state index contributed by atoms with van der Waals surface area (Å²) in [5.74, 6) is -2.97. The fraction of sp³-hybridized carbons (Fsp3) is 0.314. The largest absolute Gasteiger partial charge is 0.486 e. The molecule has 0 saturated carbocycles. The molecule has 0 aliphatic carbocycles. The highest BCUT2D eigenvalue weighted by molar-refractivity contribution is 5.95. The molecule has 1 aliphatic rings. The van der Waals surface area contributed by atoms with Gasteiger partial charge in [-0.05, 0) is 68.2 Å². The summed E-state index contributed by atoms with van der Waals surface area (Å²) in [5, 5.41) is 3.02. The number of H-pyrrole nitrogens is 1. The van der Waals surface area contributed by atoms with Crippen molar-refractivity contribution in [2.24, 2.45) is 0 Å². The van der Waals surface area contributed by atoms with Gasteiger partial charge in [0.1, 0.15) is 35.5 Å². The van der Waals surface area contributed by atoms with Crippen molar-refractivity contribution < 1.29 is 37.0 Å². The molecule has 2 aromatic heterocycles. The van der Waals surface area contributed by atoms with Gasteiger partial charge in [-0.1, -0.05) is 6.08 Å². The number of benzene rings is 2. The molecule has 11 nitrogen and oxygen atoms in total. The van der Waals surface area contributed by atoms with Crippen molar-refractivity contribution >= 4 is 34.5 Å². The predicted octanol–water partition coefficient (Wildman–Crippen LogP) is 5.34. The first kappa shape index (κ1) is 34.8. The standard InChI is InChI=1S/C35H36F3N5O6/c1-41(2)31(44)10-4-3-9-29(49-35(47)42-13-5-6-14-42)33(45)40-28-8-7-15-43(34(28)46)20-26-17-23-16-25(37)19-30(32(23)39-26)48-21-22-11-12-24(36)18-27(22)38/h4,7-8,10-12,15-19,29,39H,3,5-6,9,13-14,20-21H2,1-2H3,(H,40,45)/b10-4+. The summed E-state index contributed by atoms with van der Waals surface area (Å²) in [4.78, 5) is 57.4. The molecule has 5 rings (SSSR count). The summed E-state index contributed by atoms with van der Waals surface area (Å²) < 4.78 is 54.4. The second-order valence-electron chi connectivity index (χ2n) is 11.8. The topological polar surface area (TPSA) is 126 Å². The zero-order valence-corrected chi connectivity index (χ0v) is 27.0. The molecule has 1 saturated heterocycles. The van der Waals surface area contributed by atoms with Gasteiger partial charge < -0.3 is 34.1 Å². The van der Waals surface area contributed by atoms with Crippen molar-refractivity contribution in [3.05, 3.63) is 106 Å². The number of pyridine rings is 1. The van der Waals surface area contributed by atoms with Gasteiger partial charge in [-0.25, -0.2) is 18.0 Å². The van der Waals surface area contributed by atoms with Gasteiger partial charge in [-0.3, -0.25) is 14.4 Å². The van der Waals surface area contributed by atoms with Crippen molar-refractivity contribution in [2.75, 3.05) is 32.5 Å². The van der Waals surface area contributed by atoms with Crippen LogP contribution in [-0.2, 0) is 27.5 Å². The van der Waals surface area contributed by atoms with Crippen LogP contribution in [0.15, 0.2) is 71.7 Å². The molecule has 2 N–H and O–H groups in total. The summed E-state index contributed by atoms with van der Waals surface area (Å²) >= 11 is 0. The van der Waals surface area contributed by atoms with Gasteiger partial charge >= 0.3 is 6.09 Å². The quantitative estimate of drug-likeness (QED) is 0.195. The molecule has 1 aliphatic heterocycles. The lowest BCUT2D eigenvalue weighted by molar-refractivity contribution is -0.125. The van der Waals surface area contributed by atoms with Crippen LogP contribution in [0.2, 0.25) is 0 Å². The second kappa shape index (κ2) is 15.6. The first-order valence-electron chi connectivity index (χ1n) is 15.7. The van der Waals surface area contributed by atoms with Gasteiger partial charge in [-0.2, -0.15) is 0 Å². The van der Waals surface area contributed by atoms with Crippen LogP contribution in [0.3, 0.4) is 0 Å². The number of allylic oxidation sites excluding steroid dienone is 1. The van der Waals surface area contributed by atoms with Gasteiger partial charge in [0.05, 0.1) is 12.1 Å². The van der Waals surface area contributed by atoms with Gasteiger partial charge in [0.15, 0.2) is 6.10 Å². The third-order valence-electron chi connectivity index (χ3n) is 7.93. The number of carbonyl (C=O) groups excluding carboxylic acids is 3. The normalized spacial score (nSPS) is 13.5. The average molecular weight is 680 g/mol. The number of ether oxygens (including phenoxy) is 2. The summed E-state index contributed by atoms with van der Waals surface area (Å²) in [6.07, 6.45) is 4.61. The molecule has 3 heterocycles. The summed E-state index contributed by atoms with van der Waals surface area (Å²) in [7, 11) is 3.22. The van der Waals surface area contributed by atoms with Gasteiger partial charge in [0, 0.05) is 62.2 Å². The van der Waals surface area contributed by atoms with Crippen molar-refractivity contribution in [2.45, 2.75) is 44.9 Å². The summed E-state index contributed by atoms with van der Waals surface area (Å²) in [6.45, 7) is 0.769. The lowest BCUT2D eigenvalue weighted by atomic mass is 10.1. The fourth-order valence-electron chi connectivity index (χ4n) is 5.30. The molecule has 14 heteroatoms. The molecular weight excluding hydrogens is 643 g/mol. The Hall–Kier alpha value is -5.53. The van der Waals surface area contributed by atoms with E-state index in [1.54, 1.807) is 32.3 Å². The van der Waals surface area contributed by atoms with E-state index in [2.05, 4.69) is 10.3 Å². The number of carbonyl (C=O) groups is 3. The van der Waals surface area contributed by atoms with Crippen molar-refractivity contribution in [1.82, 2.24) is 19.4 Å². The second-order valence-corrected chi connectivity index (χ2v) is 11.8. The highest BCUT2D eigenvalue weighted by atomic mass is 19.1. The highest BCUT2D eigenvalue weighted by Crippen LogP contribution is 2.29. The number of rotatable bonds is 12. The Morgan fingerprint density at radius 3 is 2.55 bits per heavy atom. The molecule has 1 atom stereocenters. The van der Waals surface area contributed by atoms with E-state index in [1.165, 1.54) is 44.8 Å².